The number of piperidine rings is 1. The van der Waals surface area contributed by atoms with E-state index in [-0.39, 0.29) is 23.7 Å². The van der Waals surface area contributed by atoms with Gasteiger partial charge in [0, 0.05) is 44.3 Å². The Hall–Kier alpha value is -1.45. The monoisotopic (exact) mass is 385 g/mol. The molecule has 1 amide bonds. The van der Waals surface area contributed by atoms with Gasteiger partial charge in [-0.15, -0.1) is 0 Å². The highest BCUT2D eigenvalue weighted by molar-refractivity contribution is 7.89. The smallest absolute Gasteiger partial charge is 0.273 e. The summed E-state index contributed by atoms with van der Waals surface area (Å²) in [6.45, 7) is 2.72. The number of carbonyl (C=O) groups excluding carboxylic acids is 1. The van der Waals surface area contributed by atoms with Gasteiger partial charge in [0.25, 0.3) is 5.91 Å². The molecule has 1 aliphatic heterocycles. The number of nitrogens with one attached hydrogen (secondary N) is 1. The molecule has 2 fully saturated rings. The van der Waals surface area contributed by atoms with Crippen LogP contribution in [0.15, 0.2) is 10.6 Å². The summed E-state index contributed by atoms with van der Waals surface area (Å²) in [5.74, 6) is 1.02. The highest BCUT2D eigenvalue weighted by Crippen LogP contribution is 2.40. The van der Waals surface area contributed by atoms with Crippen molar-refractivity contribution >= 4 is 15.9 Å². The van der Waals surface area contributed by atoms with Crippen LogP contribution in [0.3, 0.4) is 0 Å². The van der Waals surface area contributed by atoms with Crippen LogP contribution in [0.4, 0.5) is 0 Å². The lowest BCUT2D eigenvalue weighted by Crippen LogP contribution is -2.51. The lowest BCUT2D eigenvalue weighted by atomic mass is 10.0. The van der Waals surface area contributed by atoms with Crippen molar-refractivity contribution in [2.45, 2.75) is 57.0 Å². The van der Waals surface area contributed by atoms with E-state index in [9.17, 15) is 13.2 Å². The first-order valence-corrected chi connectivity index (χ1v) is 10.8. The second kappa shape index (κ2) is 8.06. The van der Waals surface area contributed by atoms with Crippen molar-refractivity contribution in [1.29, 1.82) is 0 Å². The van der Waals surface area contributed by atoms with E-state index in [0.717, 1.165) is 18.6 Å². The van der Waals surface area contributed by atoms with E-state index >= 15 is 0 Å². The summed E-state index contributed by atoms with van der Waals surface area (Å²) in [5.41, 5.74) is 0.300. The molecule has 0 bridgehead atoms. The third-order valence-corrected chi connectivity index (χ3v) is 7.06. The predicted molar refractivity (Wildman–Crippen MR) is 95.4 cm³/mol. The Morgan fingerprint density at radius 3 is 2.85 bits per heavy atom. The Balaban J connectivity index is 1.52. The molecule has 1 saturated carbocycles. The molecular weight excluding hydrogens is 358 g/mol. The molecule has 3 rings (SSSR count). The summed E-state index contributed by atoms with van der Waals surface area (Å²) in [4.78, 5) is 12.3. The molecule has 0 unspecified atom stereocenters. The number of carbonyl (C=O) groups is 1. The zero-order chi connectivity index (χ0) is 18.7. The molecule has 0 spiro atoms. The molecule has 1 aromatic rings. The SMILES string of the molecule is COCCCS(=O)(=O)N1CC[C@@H](NC(=O)c2cc(C3CC3)on2)C[C@@H]1C. The van der Waals surface area contributed by atoms with Gasteiger partial charge in [0.15, 0.2) is 5.69 Å². The molecule has 2 aliphatic rings. The molecule has 8 nitrogen and oxygen atoms in total. The summed E-state index contributed by atoms with van der Waals surface area (Å²) >= 11 is 0. The normalized spacial score (nSPS) is 24.5. The quantitative estimate of drug-likeness (QED) is 0.681. The van der Waals surface area contributed by atoms with Crippen LogP contribution in [-0.2, 0) is 14.8 Å². The van der Waals surface area contributed by atoms with Gasteiger partial charge < -0.3 is 14.6 Å². The standard InChI is InChI=1S/C17H27N3O5S/c1-12-10-14(6-7-20(12)26(22,23)9-3-8-24-2)18-17(21)15-11-16(25-19-15)13-4-5-13/h11-14H,3-10H2,1-2H3,(H,18,21)/t12-,14+/m0/s1. The zero-order valence-electron chi connectivity index (χ0n) is 15.3. The van der Waals surface area contributed by atoms with Crippen molar-refractivity contribution in [1.82, 2.24) is 14.8 Å². The van der Waals surface area contributed by atoms with E-state index in [1.165, 1.54) is 0 Å². The highest BCUT2D eigenvalue weighted by atomic mass is 32.2. The van der Waals surface area contributed by atoms with Crippen LogP contribution in [0.25, 0.3) is 0 Å². The molecule has 2 heterocycles. The largest absolute Gasteiger partial charge is 0.385 e. The number of amides is 1. The first-order valence-electron chi connectivity index (χ1n) is 9.16. The second-order valence-electron chi connectivity index (χ2n) is 7.21. The molecule has 1 N–H and O–H groups in total. The van der Waals surface area contributed by atoms with Crippen LogP contribution in [0.5, 0.6) is 0 Å². The maximum Gasteiger partial charge on any atom is 0.273 e. The number of nitrogens with zero attached hydrogens (tertiary/aromatic N) is 2. The second-order valence-corrected chi connectivity index (χ2v) is 9.25. The van der Waals surface area contributed by atoms with Crippen molar-refractivity contribution in [2.75, 3.05) is 26.0 Å². The minimum Gasteiger partial charge on any atom is -0.385 e. The topological polar surface area (TPSA) is 102 Å². The molecule has 0 radical (unpaired) electrons. The van der Waals surface area contributed by atoms with E-state index in [1.54, 1.807) is 17.5 Å². The molecule has 1 aromatic heterocycles. The highest BCUT2D eigenvalue weighted by Gasteiger charge is 2.34. The van der Waals surface area contributed by atoms with Gasteiger partial charge in [-0.25, -0.2) is 8.42 Å². The van der Waals surface area contributed by atoms with Crippen molar-refractivity contribution in [3.05, 3.63) is 17.5 Å². The van der Waals surface area contributed by atoms with E-state index in [2.05, 4.69) is 10.5 Å². The average molecular weight is 385 g/mol. The molecule has 9 heteroatoms. The Kier molecular flexibility index (Phi) is 5.99. The number of sulfonamides is 1. The molecule has 2 atom stereocenters. The first kappa shape index (κ1) is 19.3. The van der Waals surface area contributed by atoms with Crippen molar-refractivity contribution in [2.24, 2.45) is 0 Å². The third-order valence-electron chi connectivity index (χ3n) is 5.00. The third kappa shape index (κ3) is 4.63. The number of hydrogen-bond acceptors (Lipinski definition) is 6. The summed E-state index contributed by atoms with van der Waals surface area (Å²) < 4.78 is 36.6. The summed E-state index contributed by atoms with van der Waals surface area (Å²) in [6, 6.07) is 1.50. The van der Waals surface area contributed by atoms with E-state index in [4.69, 9.17) is 9.26 Å². The fraction of sp³-hybridized carbons (Fsp3) is 0.765. The maximum absolute atomic E-state index is 12.5. The maximum atomic E-state index is 12.5. The number of aromatic nitrogens is 1. The van der Waals surface area contributed by atoms with Gasteiger partial charge in [0.2, 0.25) is 10.0 Å². The lowest BCUT2D eigenvalue weighted by molar-refractivity contribution is 0.0905. The average Bonchev–Trinajstić information content (AvgIpc) is 3.31. The Morgan fingerprint density at radius 1 is 1.42 bits per heavy atom. The zero-order valence-corrected chi connectivity index (χ0v) is 16.1. The number of ether oxygens (including phenoxy) is 1. The van der Waals surface area contributed by atoms with Gasteiger partial charge in [0.05, 0.1) is 5.75 Å². The Morgan fingerprint density at radius 2 is 2.19 bits per heavy atom. The lowest BCUT2D eigenvalue weighted by Gasteiger charge is -2.36. The minimum atomic E-state index is -3.29. The van der Waals surface area contributed by atoms with Crippen LogP contribution in [0.1, 0.15) is 61.2 Å². The molecule has 1 aliphatic carbocycles. The fourth-order valence-corrected chi connectivity index (χ4v) is 5.15. The van der Waals surface area contributed by atoms with Gasteiger partial charge >= 0.3 is 0 Å². The van der Waals surface area contributed by atoms with Gasteiger partial charge in [-0.1, -0.05) is 5.16 Å². The molecule has 0 aromatic carbocycles. The van der Waals surface area contributed by atoms with Gasteiger partial charge in [-0.2, -0.15) is 4.31 Å². The van der Waals surface area contributed by atoms with Crippen LogP contribution < -0.4 is 5.32 Å². The van der Waals surface area contributed by atoms with Crippen LogP contribution >= 0.6 is 0 Å². The molecule has 1 saturated heterocycles. The minimum absolute atomic E-state index is 0.0657. The van der Waals surface area contributed by atoms with Crippen molar-refractivity contribution < 1.29 is 22.5 Å². The fourth-order valence-electron chi connectivity index (χ4n) is 3.41. The Bertz CT molecular complexity index is 729. The molecule has 146 valence electrons. The van der Waals surface area contributed by atoms with Gasteiger partial charge in [-0.3, -0.25) is 4.79 Å². The number of methoxy groups -OCH3 is 1. The summed E-state index contributed by atoms with van der Waals surface area (Å²) in [6.07, 6.45) is 3.84. The van der Waals surface area contributed by atoms with Gasteiger partial charge in [0.1, 0.15) is 5.76 Å². The van der Waals surface area contributed by atoms with Crippen molar-refractivity contribution in [3.63, 3.8) is 0 Å². The molecule has 26 heavy (non-hydrogen) atoms. The van der Waals surface area contributed by atoms with Crippen molar-refractivity contribution in [3.8, 4) is 0 Å². The van der Waals surface area contributed by atoms with E-state index < -0.39 is 10.0 Å². The van der Waals surface area contributed by atoms with Crippen LogP contribution in [0.2, 0.25) is 0 Å². The van der Waals surface area contributed by atoms with Gasteiger partial charge in [-0.05, 0) is 39.0 Å². The van der Waals surface area contributed by atoms with Crippen LogP contribution in [-0.4, -0.2) is 61.9 Å². The number of rotatable bonds is 8. The van der Waals surface area contributed by atoms with E-state index in [0.29, 0.717) is 44.0 Å². The Labute approximate surface area is 154 Å². The summed E-state index contributed by atoms with van der Waals surface area (Å²) in [5, 5.41) is 6.81. The summed E-state index contributed by atoms with van der Waals surface area (Å²) in [7, 11) is -1.73. The predicted octanol–water partition coefficient (Wildman–Crippen LogP) is 1.50. The first-order chi connectivity index (χ1) is 12.4. The van der Waals surface area contributed by atoms with E-state index in [1.807, 2.05) is 6.92 Å². The molecular formula is C17H27N3O5S. The number of hydrogen-bond donors (Lipinski definition) is 1. The van der Waals surface area contributed by atoms with Crippen LogP contribution in [0, 0.1) is 0 Å².